The molecule has 0 bridgehead atoms. The van der Waals surface area contributed by atoms with Crippen molar-refractivity contribution in [1.29, 1.82) is 0 Å². The number of carboxylic acids is 1. The Bertz CT molecular complexity index is 282. The summed E-state index contributed by atoms with van der Waals surface area (Å²) in [5.74, 6) is 3.17. The molecular formula is C5H2N2O2S. The molecule has 1 aromatic heterocycles. The van der Waals surface area contributed by atoms with Crippen LogP contribution in [0.3, 0.4) is 0 Å². The number of rotatable bonds is 0. The van der Waals surface area contributed by atoms with Crippen molar-refractivity contribution in [3.8, 4) is 11.8 Å². The summed E-state index contributed by atoms with van der Waals surface area (Å²) < 4.78 is 3.50. The quantitative estimate of drug-likeness (QED) is 0.533. The fourth-order valence-electron chi connectivity index (χ4n) is 0.337. The van der Waals surface area contributed by atoms with Crippen LogP contribution in [0.1, 0.15) is 4.88 Å². The maximum Gasteiger partial charge on any atom is 0.382 e. The monoisotopic (exact) mass is 154 g/mol. The smallest absolute Gasteiger partial charge is 0.382 e. The van der Waals surface area contributed by atoms with Crippen molar-refractivity contribution >= 4 is 17.5 Å². The van der Waals surface area contributed by atoms with Crippen LogP contribution in [0.25, 0.3) is 0 Å². The summed E-state index contributed by atoms with van der Waals surface area (Å²) in [7, 11) is 0. The Morgan fingerprint density at radius 1 is 1.80 bits per heavy atom. The molecule has 0 aliphatic heterocycles. The number of nitrogens with zero attached hydrogens (tertiary/aromatic N) is 2. The summed E-state index contributed by atoms with van der Waals surface area (Å²) in [6.07, 6.45) is 1.42. The largest absolute Gasteiger partial charge is 0.472 e. The van der Waals surface area contributed by atoms with Crippen LogP contribution in [0.15, 0.2) is 6.20 Å². The van der Waals surface area contributed by atoms with Crippen molar-refractivity contribution in [2.24, 2.45) is 0 Å². The Balaban J connectivity index is 2.75. The number of hydrogen-bond acceptors (Lipinski definition) is 4. The van der Waals surface area contributed by atoms with Crippen LogP contribution in [0.5, 0.6) is 0 Å². The number of aromatic nitrogens is 2. The minimum Gasteiger partial charge on any atom is -0.472 e. The van der Waals surface area contributed by atoms with E-state index in [-0.39, 0.29) is 0 Å². The summed E-state index contributed by atoms with van der Waals surface area (Å²) in [4.78, 5) is 10.4. The van der Waals surface area contributed by atoms with Gasteiger partial charge in [0.05, 0.1) is 6.20 Å². The predicted molar refractivity (Wildman–Crippen MR) is 34.4 cm³/mol. The van der Waals surface area contributed by atoms with Crippen molar-refractivity contribution in [2.75, 3.05) is 0 Å². The van der Waals surface area contributed by atoms with E-state index in [9.17, 15) is 4.79 Å². The summed E-state index contributed by atoms with van der Waals surface area (Å²) in [6, 6.07) is 0. The Labute approximate surface area is 60.7 Å². The molecule has 0 radical (unpaired) electrons. The van der Waals surface area contributed by atoms with Crippen LogP contribution in [-0.4, -0.2) is 20.7 Å². The summed E-state index contributed by atoms with van der Waals surface area (Å²) in [5, 5.41) is 11.6. The predicted octanol–water partition coefficient (Wildman–Crippen LogP) is -0.0258. The van der Waals surface area contributed by atoms with Crippen LogP contribution in [0.4, 0.5) is 0 Å². The van der Waals surface area contributed by atoms with Crippen molar-refractivity contribution < 1.29 is 9.90 Å². The van der Waals surface area contributed by atoms with E-state index in [0.717, 1.165) is 11.5 Å². The van der Waals surface area contributed by atoms with Gasteiger partial charge in [-0.25, -0.2) is 4.79 Å². The molecule has 1 heterocycles. The van der Waals surface area contributed by atoms with E-state index in [1.165, 1.54) is 6.20 Å². The molecule has 10 heavy (non-hydrogen) atoms. The minimum absolute atomic E-state index is 0.558. The van der Waals surface area contributed by atoms with Gasteiger partial charge < -0.3 is 5.11 Å². The van der Waals surface area contributed by atoms with Crippen molar-refractivity contribution in [1.82, 2.24) is 9.59 Å². The average Bonchev–Trinajstić information content (AvgIpc) is 2.34. The molecule has 0 aliphatic carbocycles. The molecule has 50 valence electrons. The van der Waals surface area contributed by atoms with E-state index in [1.54, 1.807) is 0 Å². The SMILES string of the molecule is O=C(O)C#Cc1cnns1. The molecule has 0 aromatic carbocycles. The second-order valence-corrected chi connectivity index (χ2v) is 2.12. The van der Waals surface area contributed by atoms with Gasteiger partial charge in [0.2, 0.25) is 0 Å². The highest BCUT2D eigenvalue weighted by molar-refractivity contribution is 7.06. The lowest BCUT2D eigenvalue weighted by Gasteiger charge is -1.69. The van der Waals surface area contributed by atoms with Crippen molar-refractivity contribution in [2.45, 2.75) is 0 Å². The zero-order chi connectivity index (χ0) is 7.40. The molecule has 4 nitrogen and oxygen atoms in total. The maximum atomic E-state index is 9.88. The highest BCUT2D eigenvalue weighted by atomic mass is 32.1. The molecule has 0 aliphatic rings. The molecule has 1 rings (SSSR count). The highest BCUT2D eigenvalue weighted by Crippen LogP contribution is 1.96. The number of carboxylic acid groups (broad SMARTS) is 1. The second kappa shape index (κ2) is 2.94. The molecule has 1 N–H and O–H groups in total. The summed E-state index contributed by atoms with van der Waals surface area (Å²) in [5.41, 5.74) is 0. The molecule has 5 heteroatoms. The second-order valence-electron chi connectivity index (χ2n) is 1.34. The average molecular weight is 154 g/mol. The molecule has 1 aromatic rings. The summed E-state index contributed by atoms with van der Waals surface area (Å²) in [6.45, 7) is 0. The number of aliphatic carboxylic acids is 1. The van der Waals surface area contributed by atoms with Crippen LogP contribution in [0, 0.1) is 11.8 Å². The van der Waals surface area contributed by atoms with Crippen LogP contribution < -0.4 is 0 Å². The molecular weight excluding hydrogens is 152 g/mol. The Morgan fingerprint density at radius 2 is 2.60 bits per heavy atom. The molecule has 0 amide bonds. The molecule has 0 saturated heterocycles. The first-order valence-corrected chi connectivity index (χ1v) is 3.08. The highest BCUT2D eigenvalue weighted by Gasteiger charge is 1.88. The standard InChI is InChI=1S/C5H2N2O2S/c8-5(9)2-1-4-3-6-7-10-4/h3H,(H,8,9). The lowest BCUT2D eigenvalue weighted by Crippen LogP contribution is -1.85. The van der Waals surface area contributed by atoms with E-state index < -0.39 is 5.97 Å². The topological polar surface area (TPSA) is 63.1 Å². The van der Waals surface area contributed by atoms with E-state index in [1.807, 2.05) is 5.92 Å². The summed E-state index contributed by atoms with van der Waals surface area (Å²) >= 11 is 1.07. The van der Waals surface area contributed by atoms with E-state index in [2.05, 4.69) is 15.5 Å². The van der Waals surface area contributed by atoms with E-state index in [4.69, 9.17) is 5.11 Å². The van der Waals surface area contributed by atoms with E-state index >= 15 is 0 Å². The van der Waals surface area contributed by atoms with Gasteiger partial charge in [-0.2, -0.15) is 0 Å². The van der Waals surface area contributed by atoms with Gasteiger partial charge in [-0.1, -0.05) is 4.49 Å². The van der Waals surface area contributed by atoms with E-state index in [0.29, 0.717) is 4.88 Å². The van der Waals surface area contributed by atoms with Crippen LogP contribution in [-0.2, 0) is 4.79 Å². The third-order valence-corrected chi connectivity index (χ3v) is 1.23. The third-order valence-electron chi connectivity index (χ3n) is 0.654. The van der Waals surface area contributed by atoms with Crippen LogP contribution in [0.2, 0.25) is 0 Å². The van der Waals surface area contributed by atoms with Crippen molar-refractivity contribution in [3.05, 3.63) is 11.1 Å². The zero-order valence-corrected chi connectivity index (χ0v) is 5.55. The fourth-order valence-corrected chi connectivity index (χ4v) is 0.710. The first-order valence-electron chi connectivity index (χ1n) is 2.31. The van der Waals surface area contributed by atoms with Gasteiger partial charge in [0.25, 0.3) is 0 Å². The third kappa shape index (κ3) is 1.84. The number of hydrogen-bond donors (Lipinski definition) is 1. The fraction of sp³-hybridized carbons (Fsp3) is 0. The Hall–Kier alpha value is -1.41. The first kappa shape index (κ1) is 6.71. The minimum atomic E-state index is -1.15. The molecule has 0 fully saturated rings. The maximum absolute atomic E-state index is 9.88. The van der Waals surface area contributed by atoms with Gasteiger partial charge in [0.1, 0.15) is 4.88 Å². The Morgan fingerprint density at radius 3 is 3.10 bits per heavy atom. The first-order chi connectivity index (χ1) is 4.79. The molecule has 0 spiro atoms. The van der Waals surface area contributed by atoms with Crippen LogP contribution >= 0.6 is 11.5 Å². The van der Waals surface area contributed by atoms with Gasteiger partial charge in [-0.3, -0.25) is 0 Å². The molecule has 0 atom stereocenters. The zero-order valence-electron chi connectivity index (χ0n) is 4.74. The van der Waals surface area contributed by atoms with Gasteiger partial charge in [-0.05, 0) is 17.5 Å². The Kier molecular flexibility index (Phi) is 1.97. The normalized spacial score (nSPS) is 8.00. The number of carbonyl (C=O) groups is 1. The lowest BCUT2D eigenvalue weighted by molar-refractivity contribution is -0.130. The van der Waals surface area contributed by atoms with Gasteiger partial charge in [-0.15, -0.1) is 5.10 Å². The molecule has 0 saturated carbocycles. The van der Waals surface area contributed by atoms with Crippen molar-refractivity contribution in [3.63, 3.8) is 0 Å². The lowest BCUT2D eigenvalue weighted by atomic mass is 10.5. The van der Waals surface area contributed by atoms with Gasteiger partial charge in [0, 0.05) is 5.92 Å². The van der Waals surface area contributed by atoms with Gasteiger partial charge >= 0.3 is 5.97 Å². The van der Waals surface area contributed by atoms with Gasteiger partial charge in [0.15, 0.2) is 0 Å². The molecule has 0 unspecified atom stereocenters.